The SMILES string of the molecule is CCCC(=O)N(C)C(Cc1c[nH]c2ccccc12)C(=O)N(C)C(CC(C)C)C(=O)N1CCC[C@H]1C(=O)N(C)C(C(=O)NC(CCNC(=O)c1cc(F)cc(F)c1)C(=O)NO)C(C)CC. The van der Waals surface area contributed by atoms with Crippen LogP contribution < -0.4 is 16.1 Å². The van der Waals surface area contributed by atoms with E-state index in [4.69, 9.17) is 0 Å². The molecule has 1 aromatic heterocycles. The van der Waals surface area contributed by atoms with Crippen molar-refractivity contribution in [1.82, 2.24) is 40.7 Å². The zero-order valence-corrected chi connectivity index (χ0v) is 38.1. The number of halogens is 2. The number of likely N-dealkylation sites (tertiary alicyclic amines) is 1. The summed E-state index contributed by atoms with van der Waals surface area (Å²) < 4.78 is 27.4. The Kier molecular flexibility index (Phi) is 18.3. The largest absolute Gasteiger partial charge is 0.361 e. The van der Waals surface area contributed by atoms with Gasteiger partial charge in [-0.3, -0.25) is 38.8 Å². The van der Waals surface area contributed by atoms with E-state index in [1.54, 1.807) is 21.0 Å². The molecule has 0 saturated carbocycles. The Bertz CT molecular complexity index is 2130. The monoisotopic (exact) mass is 894 g/mol. The van der Waals surface area contributed by atoms with Crippen molar-refractivity contribution in [3.8, 4) is 0 Å². The van der Waals surface area contributed by atoms with E-state index in [0.717, 1.165) is 28.6 Å². The lowest BCUT2D eigenvalue weighted by Gasteiger charge is -2.39. The van der Waals surface area contributed by atoms with Gasteiger partial charge in [0.1, 0.15) is 41.8 Å². The lowest BCUT2D eigenvalue weighted by atomic mass is 9.95. The number of carbonyl (C=O) groups excluding carboxylic acids is 7. The number of hydroxylamine groups is 1. The Morgan fingerprint density at radius 3 is 2.20 bits per heavy atom. The molecule has 18 heteroatoms. The molecule has 5 unspecified atom stereocenters. The molecule has 0 spiro atoms. The maximum absolute atomic E-state index is 14.8. The average molecular weight is 895 g/mol. The first-order valence-electron chi connectivity index (χ1n) is 22.0. The smallest absolute Gasteiger partial charge is 0.265 e. The zero-order valence-electron chi connectivity index (χ0n) is 38.1. The summed E-state index contributed by atoms with van der Waals surface area (Å²) >= 11 is 0. The first kappa shape index (κ1) is 50.7. The van der Waals surface area contributed by atoms with Crippen LogP contribution in [0.4, 0.5) is 8.78 Å². The third-order valence-corrected chi connectivity index (χ3v) is 12.1. The molecule has 4 rings (SSSR count). The highest BCUT2D eigenvalue weighted by molar-refractivity contribution is 5.97. The van der Waals surface area contributed by atoms with Gasteiger partial charge in [-0.2, -0.15) is 0 Å². The molecule has 2 aromatic carbocycles. The topological polar surface area (TPSA) is 205 Å². The van der Waals surface area contributed by atoms with Gasteiger partial charge in [0.15, 0.2) is 0 Å². The van der Waals surface area contributed by atoms with Crippen LogP contribution in [-0.2, 0) is 35.2 Å². The van der Waals surface area contributed by atoms with Gasteiger partial charge in [0, 0.05) is 75.8 Å². The van der Waals surface area contributed by atoms with E-state index in [9.17, 15) is 47.5 Å². The number of fused-ring (bicyclic) bond motifs is 1. The fourth-order valence-corrected chi connectivity index (χ4v) is 8.33. The number of rotatable bonds is 21. The third-order valence-electron chi connectivity index (χ3n) is 12.1. The number of para-hydroxylation sites is 1. The Labute approximate surface area is 373 Å². The van der Waals surface area contributed by atoms with E-state index in [1.807, 2.05) is 58.2 Å². The summed E-state index contributed by atoms with van der Waals surface area (Å²) in [5, 5.41) is 15.4. The molecular weight excluding hydrogens is 831 g/mol. The summed E-state index contributed by atoms with van der Waals surface area (Å²) in [7, 11) is 4.60. The molecule has 0 bridgehead atoms. The van der Waals surface area contributed by atoms with Crippen molar-refractivity contribution in [3.05, 3.63) is 71.4 Å². The molecule has 7 amide bonds. The van der Waals surface area contributed by atoms with Crippen molar-refractivity contribution in [3.63, 3.8) is 0 Å². The van der Waals surface area contributed by atoms with Crippen LogP contribution in [-0.4, -0.2) is 136 Å². The van der Waals surface area contributed by atoms with Crippen LogP contribution in [0.1, 0.15) is 95.5 Å². The van der Waals surface area contributed by atoms with Crippen LogP contribution in [0, 0.1) is 23.5 Å². The standard InChI is InChI=1S/C46H64F2N8O8/c1-9-14-39(57)53(6)38(24-30-26-50-34-16-12-11-15-33(30)34)45(62)54(7)37(21-27(3)4)46(63)56-20-13-17-36(56)44(61)55(8)40(28(5)10-2)43(60)51-35(42(59)52-64)18-19-49-41(58)29-22-31(47)25-32(48)23-29/h11-12,15-16,22-23,25-28,35-38,40,50,64H,9-10,13-14,17-21,24H2,1-8H3,(H,49,58)(H,51,60)(H,52,59)/t28?,35?,36-,37?,38?,40?/m0/s1. The number of aromatic nitrogens is 1. The number of carbonyl (C=O) groups is 7. The number of benzene rings is 2. The van der Waals surface area contributed by atoms with Crippen LogP contribution in [0.2, 0.25) is 0 Å². The van der Waals surface area contributed by atoms with Gasteiger partial charge in [0.25, 0.3) is 11.8 Å². The molecule has 3 aromatic rings. The molecule has 0 radical (unpaired) electrons. The van der Waals surface area contributed by atoms with E-state index in [1.165, 1.54) is 32.1 Å². The zero-order chi connectivity index (χ0) is 47.4. The van der Waals surface area contributed by atoms with Crippen molar-refractivity contribution >= 4 is 52.3 Å². The number of hydrogen-bond donors (Lipinski definition) is 5. The van der Waals surface area contributed by atoms with Crippen molar-refractivity contribution in [2.24, 2.45) is 11.8 Å². The van der Waals surface area contributed by atoms with Crippen molar-refractivity contribution < 1.29 is 47.5 Å². The van der Waals surface area contributed by atoms with Crippen molar-refractivity contribution in [2.75, 3.05) is 34.2 Å². The van der Waals surface area contributed by atoms with Crippen LogP contribution in [0.3, 0.4) is 0 Å². The molecular formula is C46H64F2N8O8. The second-order valence-corrected chi connectivity index (χ2v) is 17.1. The number of nitrogens with one attached hydrogen (secondary N) is 4. The van der Waals surface area contributed by atoms with Gasteiger partial charge in [0.2, 0.25) is 29.5 Å². The molecule has 1 saturated heterocycles. The van der Waals surface area contributed by atoms with Gasteiger partial charge < -0.3 is 35.2 Å². The third kappa shape index (κ3) is 12.4. The normalized spacial score (nSPS) is 16.1. The molecule has 6 atom stereocenters. The van der Waals surface area contributed by atoms with E-state index in [2.05, 4.69) is 15.6 Å². The van der Waals surface area contributed by atoms with E-state index >= 15 is 0 Å². The Hall–Kier alpha value is -5.91. The van der Waals surface area contributed by atoms with E-state index < -0.39 is 83.2 Å². The molecule has 2 heterocycles. The fraction of sp³-hybridized carbons (Fsp3) is 0.543. The first-order chi connectivity index (χ1) is 30.3. The summed E-state index contributed by atoms with van der Waals surface area (Å²) in [6.45, 7) is 9.28. The summed E-state index contributed by atoms with van der Waals surface area (Å²) in [5.74, 6) is -6.60. The molecule has 16 nitrogen and oxygen atoms in total. The Morgan fingerprint density at radius 1 is 0.906 bits per heavy atom. The molecule has 0 aliphatic carbocycles. The lowest BCUT2D eigenvalue weighted by Crippen LogP contribution is -2.60. The van der Waals surface area contributed by atoms with E-state index in [-0.39, 0.29) is 62.6 Å². The minimum atomic E-state index is -1.40. The number of aromatic amines is 1. The van der Waals surface area contributed by atoms with Crippen molar-refractivity contribution in [1.29, 1.82) is 0 Å². The Balaban J connectivity index is 1.55. The van der Waals surface area contributed by atoms with Gasteiger partial charge >= 0.3 is 0 Å². The minimum absolute atomic E-state index is 0.0460. The lowest BCUT2D eigenvalue weighted by molar-refractivity contribution is -0.154. The number of amides is 7. The molecule has 1 fully saturated rings. The van der Waals surface area contributed by atoms with Gasteiger partial charge in [-0.05, 0) is 67.7 Å². The quantitative estimate of drug-likeness (QED) is 0.0775. The van der Waals surface area contributed by atoms with E-state index in [0.29, 0.717) is 25.3 Å². The second-order valence-electron chi connectivity index (χ2n) is 17.1. The average Bonchev–Trinajstić information content (AvgIpc) is 3.93. The molecule has 1 aliphatic rings. The maximum atomic E-state index is 14.8. The first-order valence-corrected chi connectivity index (χ1v) is 22.0. The number of H-pyrrole nitrogens is 1. The van der Waals surface area contributed by atoms with Gasteiger partial charge in [-0.15, -0.1) is 0 Å². The van der Waals surface area contributed by atoms with Gasteiger partial charge in [-0.25, -0.2) is 14.3 Å². The van der Waals surface area contributed by atoms with Crippen LogP contribution in [0.5, 0.6) is 0 Å². The minimum Gasteiger partial charge on any atom is -0.361 e. The molecule has 1 aliphatic heterocycles. The van der Waals surface area contributed by atoms with Crippen LogP contribution >= 0.6 is 0 Å². The summed E-state index contributed by atoms with van der Waals surface area (Å²) in [6.07, 6.45) is 4.07. The maximum Gasteiger partial charge on any atom is 0.265 e. The van der Waals surface area contributed by atoms with Gasteiger partial charge in [0.05, 0.1) is 0 Å². The predicted octanol–water partition coefficient (Wildman–Crippen LogP) is 4.16. The number of nitrogens with zero attached hydrogens (tertiary/aromatic N) is 4. The van der Waals surface area contributed by atoms with Gasteiger partial charge in [-0.1, -0.05) is 59.2 Å². The molecule has 64 heavy (non-hydrogen) atoms. The predicted molar refractivity (Wildman–Crippen MR) is 235 cm³/mol. The number of hydrogen-bond acceptors (Lipinski definition) is 8. The highest BCUT2D eigenvalue weighted by Crippen LogP contribution is 2.28. The summed E-state index contributed by atoms with van der Waals surface area (Å²) in [4.78, 5) is 105. The summed E-state index contributed by atoms with van der Waals surface area (Å²) in [6, 6.07) is 4.50. The van der Waals surface area contributed by atoms with Crippen LogP contribution in [0.25, 0.3) is 10.9 Å². The number of likely N-dealkylation sites (N-methyl/N-ethyl adjacent to an activating group) is 3. The highest BCUT2D eigenvalue weighted by atomic mass is 19.1. The summed E-state index contributed by atoms with van der Waals surface area (Å²) in [5.41, 5.74) is 2.92. The molecule has 350 valence electrons. The Morgan fingerprint density at radius 2 is 1.58 bits per heavy atom. The van der Waals surface area contributed by atoms with Crippen LogP contribution in [0.15, 0.2) is 48.7 Å². The second kappa shape index (κ2) is 23.1. The van der Waals surface area contributed by atoms with Crippen molar-refractivity contribution in [2.45, 2.75) is 116 Å². The molecule has 5 N–H and O–H groups in total. The highest BCUT2D eigenvalue weighted by Gasteiger charge is 2.44. The fourth-order valence-electron chi connectivity index (χ4n) is 8.33.